The van der Waals surface area contributed by atoms with Crippen LogP contribution in [0.3, 0.4) is 0 Å². The van der Waals surface area contributed by atoms with Crippen molar-refractivity contribution < 1.29 is 12.8 Å². The van der Waals surface area contributed by atoms with Crippen LogP contribution in [0, 0.1) is 5.82 Å². The maximum absolute atomic E-state index is 13.4. The average molecular weight is 266 g/mol. The van der Waals surface area contributed by atoms with Crippen molar-refractivity contribution in [1.82, 2.24) is 0 Å². The van der Waals surface area contributed by atoms with Crippen molar-refractivity contribution in [2.45, 2.75) is 6.92 Å². The lowest BCUT2D eigenvalue weighted by Gasteiger charge is -2.07. The highest BCUT2D eigenvalue weighted by Gasteiger charge is 2.09. The fraction of sp³-hybridized carbons (Fsp3) is 0.400. The number of halogens is 2. The smallest absolute Gasteiger partial charge is 0.164 e. The molecule has 0 spiro atoms. The number of nitrogens with one attached hydrogen (secondary N) is 1. The van der Waals surface area contributed by atoms with Crippen LogP contribution < -0.4 is 5.32 Å². The van der Waals surface area contributed by atoms with E-state index in [1.807, 2.05) is 0 Å². The van der Waals surface area contributed by atoms with Crippen LogP contribution >= 0.6 is 11.6 Å². The quantitative estimate of drug-likeness (QED) is 0.889. The average Bonchev–Trinajstić information content (AvgIpc) is 2.24. The third-order valence-electron chi connectivity index (χ3n) is 2.12. The van der Waals surface area contributed by atoms with E-state index < -0.39 is 15.7 Å². The van der Waals surface area contributed by atoms with Gasteiger partial charge in [-0.1, -0.05) is 24.6 Å². The summed E-state index contributed by atoms with van der Waals surface area (Å²) < 4.78 is 35.7. The minimum Gasteiger partial charge on any atom is -0.382 e. The first kappa shape index (κ1) is 13.3. The van der Waals surface area contributed by atoms with Crippen molar-refractivity contribution in [3.63, 3.8) is 0 Å². The molecule has 1 rings (SSSR count). The summed E-state index contributed by atoms with van der Waals surface area (Å²) in [5, 5.41) is 2.72. The van der Waals surface area contributed by atoms with Gasteiger partial charge in [0.15, 0.2) is 15.7 Å². The number of sulfone groups is 1. The van der Waals surface area contributed by atoms with Gasteiger partial charge in [-0.15, -0.1) is 0 Å². The van der Waals surface area contributed by atoms with E-state index in [-0.39, 0.29) is 28.8 Å². The Bertz CT molecular complexity index is 462. The molecule has 90 valence electrons. The molecule has 1 N–H and O–H groups in total. The van der Waals surface area contributed by atoms with Crippen molar-refractivity contribution in [1.29, 1.82) is 0 Å². The molecule has 0 saturated heterocycles. The Balaban J connectivity index is 2.59. The van der Waals surface area contributed by atoms with Gasteiger partial charge in [0.05, 0.1) is 16.5 Å². The number of benzene rings is 1. The first-order chi connectivity index (χ1) is 7.46. The molecule has 0 aliphatic heterocycles. The summed E-state index contributed by atoms with van der Waals surface area (Å²) in [5.41, 5.74) is 0.221. The number of anilines is 1. The molecule has 0 amide bonds. The summed E-state index contributed by atoms with van der Waals surface area (Å²) in [4.78, 5) is 0. The second kappa shape index (κ2) is 5.50. The highest BCUT2D eigenvalue weighted by Crippen LogP contribution is 2.21. The zero-order valence-corrected chi connectivity index (χ0v) is 10.4. The fourth-order valence-electron chi connectivity index (χ4n) is 1.13. The molecule has 0 aromatic heterocycles. The predicted molar refractivity (Wildman–Crippen MR) is 64.2 cm³/mol. The normalized spacial score (nSPS) is 11.4. The van der Waals surface area contributed by atoms with Gasteiger partial charge in [0.2, 0.25) is 0 Å². The molecule has 0 fully saturated rings. The van der Waals surface area contributed by atoms with E-state index in [9.17, 15) is 12.8 Å². The second-order valence-corrected chi connectivity index (χ2v) is 6.14. The van der Waals surface area contributed by atoms with E-state index in [2.05, 4.69) is 5.32 Å². The summed E-state index contributed by atoms with van der Waals surface area (Å²) in [6.07, 6.45) is 0. The Morgan fingerprint density at radius 1 is 1.44 bits per heavy atom. The fourth-order valence-corrected chi connectivity index (χ4v) is 2.00. The summed E-state index contributed by atoms with van der Waals surface area (Å²) in [6, 6.07) is 4.55. The van der Waals surface area contributed by atoms with E-state index in [0.717, 1.165) is 0 Å². The zero-order chi connectivity index (χ0) is 12.2. The molecule has 0 atom stereocenters. The summed E-state index contributed by atoms with van der Waals surface area (Å²) >= 11 is 5.58. The molecule has 0 heterocycles. The second-order valence-electron chi connectivity index (χ2n) is 3.26. The lowest BCUT2D eigenvalue weighted by molar-refractivity contribution is 0.597. The van der Waals surface area contributed by atoms with Crippen molar-refractivity contribution in [3.8, 4) is 0 Å². The maximum atomic E-state index is 13.4. The molecule has 0 bridgehead atoms. The van der Waals surface area contributed by atoms with E-state index in [0.29, 0.717) is 0 Å². The van der Waals surface area contributed by atoms with Crippen LogP contribution in [0.25, 0.3) is 0 Å². The minimum atomic E-state index is -3.03. The van der Waals surface area contributed by atoms with Crippen molar-refractivity contribution in [3.05, 3.63) is 29.0 Å². The lowest BCUT2D eigenvalue weighted by Crippen LogP contribution is -2.17. The topological polar surface area (TPSA) is 46.2 Å². The Morgan fingerprint density at radius 3 is 2.75 bits per heavy atom. The zero-order valence-electron chi connectivity index (χ0n) is 8.83. The van der Waals surface area contributed by atoms with Crippen molar-refractivity contribution in [2.24, 2.45) is 0 Å². The molecule has 6 heteroatoms. The molecule has 0 aliphatic carbocycles. The number of hydrogen-bond donors (Lipinski definition) is 1. The van der Waals surface area contributed by atoms with Gasteiger partial charge in [-0.3, -0.25) is 0 Å². The molecule has 0 radical (unpaired) electrons. The largest absolute Gasteiger partial charge is 0.382 e. The number of hydrogen-bond acceptors (Lipinski definition) is 3. The first-order valence-corrected chi connectivity index (χ1v) is 7.04. The van der Waals surface area contributed by atoms with Crippen LogP contribution in [0.15, 0.2) is 18.2 Å². The Kier molecular flexibility index (Phi) is 4.56. The third-order valence-corrected chi connectivity index (χ3v) is 4.12. The monoisotopic (exact) mass is 265 g/mol. The maximum Gasteiger partial charge on any atom is 0.164 e. The molecule has 1 aromatic rings. The van der Waals surface area contributed by atoms with Crippen LogP contribution in [0.5, 0.6) is 0 Å². The van der Waals surface area contributed by atoms with Gasteiger partial charge in [0.25, 0.3) is 0 Å². The van der Waals surface area contributed by atoms with E-state index in [4.69, 9.17) is 11.6 Å². The van der Waals surface area contributed by atoms with Crippen LogP contribution in [0.4, 0.5) is 10.1 Å². The van der Waals surface area contributed by atoms with E-state index in [1.54, 1.807) is 13.0 Å². The van der Waals surface area contributed by atoms with E-state index in [1.165, 1.54) is 12.1 Å². The Labute approximate surface area is 99.5 Å². The summed E-state index contributed by atoms with van der Waals surface area (Å²) in [6.45, 7) is 1.75. The SMILES string of the molecule is CCS(=O)(=O)CCNc1cccc(Cl)c1F. The standard InChI is InChI=1S/C10H13ClFNO2S/c1-2-16(14,15)7-6-13-9-5-3-4-8(11)10(9)12/h3-5,13H,2,6-7H2,1H3. The molecular weight excluding hydrogens is 253 g/mol. The van der Waals surface area contributed by atoms with Crippen LogP contribution in [-0.2, 0) is 9.84 Å². The molecule has 1 aromatic carbocycles. The number of rotatable bonds is 5. The van der Waals surface area contributed by atoms with Crippen molar-refractivity contribution >= 4 is 27.1 Å². The van der Waals surface area contributed by atoms with Gasteiger partial charge in [0.1, 0.15) is 0 Å². The molecule has 3 nitrogen and oxygen atoms in total. The van der Waals surface area contributed by atoms with Crippen LogP contribution in [0.2, 0.25) is 5.02 Å². The van der Waals surface area contributed by atoms with Gasteiger partial charge in [0, 0.05) is 12.3 Å². The van der Waals surface area contributed by atoms with Crippen LogP contribution in [-0.4, -0.2) is 26.5 Å². The highest BCUT2D eigenvalue weighted by atomic mass is 35.5. The van der Waals surface area contributed by atoms with Gasteiger partial charge in [-0.05, 0) is 12.1 Å². The molecule has 0 saturated carbocycles. The lowest BCUT2D eigenvalue weighted by atomic mass is 10.3. The molecule has 0 unspecified atom stereocenters. The van der Waals surface area contributed by atoms with Crippen LogP contribution in [0.1, 0.15) is 6.92 Å². The van der Waals surface area contributed by atoms with Gasteiger partial charge in [-0.2, -0.15) is 0 Å². The Hall–Kier alpha value is -0.810. The predicted octanol–water partition coefficient (Wildman–Crippen LogP) is 2.33. The van der Waals surface area contributed by atoms with Gasteiger partial charge < -0.3 is 5.32 Å². The Morgan fingerprint density at radius 2 is 2.12 bits per heavy atom. The summed E-state index contributed by atoms with van der Waals surface area (Å²) in [5.74, 6) is -0.486. The van der Waals surface area contributed by atoms with Gasteiger partial charge in [-0.25, -0.2) is 12.8 Å². The van der Waals surface area contributed by atoms with Gasteiger partial charge >= 0.3 is 0 Å². The summed E-state index contributed by atoms with van der Waals surface area (Å²) in [7, 11) is -3.03. The molecular formula is C10H13ClFNO2S. The van der Waals surface area contributed by atoms with E-state index >= 15 is 0 Å². The van der Waals surface area contributed by atoms with Crippen molar-refractivity contribution in [2.75, 3.05) is 23.4 Å². The third kappa shape index (κ3) is 3.64. The highest BCUT2D eigenvalue weighted by molar-refractivity contribution is 7.91. The first-order valence-electron chi connectivity index (χ1n) is 4.84. The molecule has 16 heavy (non-hydrogen) atoms. The minimum absolute atomic E-state index is 0.0170. The molecule has 0 aliphatic rings.